The van der Waals surface area contributed by atoms with Crippen molar-refractivity contribution in [3.63, 3.8) is 0 Å². The molecule has 1 aromatic carbocycles. The van der Waals surface area contributed by atoms with Crippen molar-refractivity contribution in [1.82, 2.24) is 15.1 Å². The molecule has 0 radical (unpaired) electrons. The maximum absolute atomic E-state index is 13.4. The fraction of sp³-hybridized carbons (Fsp3) is 0.357. The smallest absolute Gasteiger partial charge is 0.165 e. The standard InChI is InChI=1S/C14H16FN3O/c15-13-3-1-2-4-14(13)19-12-8-17-18(10-12)9-11-5-6-16-7-11/h1-4,8,10-11,16H,5-7,9H2. The van der Waals surface area contributed by atoms with Gasteiger partial charge < -0.3 is 10.1 Å². The summed E-state index contributed by atoms with van der Waals surface area (Å²) < 4.78 is 20.8. The Kier molecular flexibility index (Phi) is 3.46. The molecule has 1 aromatic heterocycles. The molecule has 1 aliphatic rings. The SMILES string of the molecule is Fc1ccccc1Oc1cnn(CC2CCNC2)c1. The molecule has 1 unspecified atom stereocenters. The Bertz CT molecular complexity index is 549. The number of nitrogens with one attached hydrogen (secondary N) is 1. The summed E-state index contributed by atoms with van der Waals surface area (Å²) in [6, 6.07) is 6.36. The van der Waals surface area contributed by atoms with Gasteiger partial charge in [0.1, 0.15) is 0 Å². The summed E-state index contributed by atoms with van der Waals surface area (Å²) in [5, 5.41) is 7.57. The fourth-order valence-electron chi connectivity index (χ4n) is 2.29. The normalized spacial score (nSPS) is 18.7. The predicted molar refractivity (Wildman–Crippen MR) is 69.7 cm³/mol. The summed E-state index contributed by atoms with van der Waals surface area (Å²) in [7, 11) is 0. The van der Waals surface area contributed by atoms with Crippen LogP contribution in [0.5, 0.6) is 11.5 Å². The van der Waals surface area contributed by atoms with E-state index in [1.165, 1.54) is 12.5 Å². The highest BCUT2D eigenvalue weighted by Crippen LogP contribution is 2.23. The minimum atomic E-state index is -0.366. The zero-order chi connectivity index (χ0) is 13.1. The van der Waals surface area contributed by atoms with Crippen LogP contribution in [0.4, 0.5) is 4.39 Å². The van der Waals surface area contributed by atoms with Crippen LogP contribution in [0.15, 0.2) is 36.7 Å². The minimum Gasteiger partial charge on any atom is -0.451 e. The summed E-state index contributed by atoms with van der Waals surface area (Å²) in [5.41, 5.74) is 0. The molecule has 1 saturated heterocycles. The second-order valence-corrected chi connectivity index (χ2v) is 4.79. The highest BCUT2D eigenvalue weighted by molar-refractivity contribution is 5.29. The van der Waals surface area contributed by atoms with Crippen molar-refractivity contribution in [2.45, 2.75) is 13.0 Å². The van der Waals surface area contributed by atoms with Crippen molar-refractivity contribution >= 4 is 0 Å². The molecule has 0 amide bonds. The largest absolute Gasteiger partial charge is 0.451 e. The van der Waals surface area contributed by atoms with E-state index in [0.29, 0.717) is 11.7 Å². The molecular formula is C14H16FN3O. The van der Waals surface area contributed by atoms with E-state index < -0.39 is 0 Å². The van der Waals surface area contributed by atoms with Crippen molar-refractivity contribution in [2.75, 3.05) is 13.1 Å². The molecule has 3 rings (SSSR count). The topological polar surface area (TPSA) is 39.1 Å². The van der Waals surface area contributed by atoms with Gasteiger partial charge in [0.2, 0.25) is 0 Å². The van der Waals surface area contributed by atoms with Gasteiger partial charge in [-0.15, -0.1) is 0 Å². The molecule has 1 fully saturated rings. The molecule has 1 aliphatic heterocycles. The number of rotatable bonds is 4. The fourth-order valence-corrected chi connectivity index (χ4v) is 2.29. The van der Waals surface area contributed by atoms with Crippen molar-refractivity contribution < 1.29 is 9.13 Å². The molecule has 4 nitrogen and oxygen atoms in total. The molecular weight excluding hydrogens is 245 g/mol. The molecule has 5 heteroatoms. The average Bonchev–Trinajstić information content (AvgIpc) is 3.05. The monoisotopic (exact) mass is 261 g/mol. The number of benzene rings is 1. The van der Waals surface area contributed by atoms with E-state index >= 15 is 0 Å². The average molecular weight is 261 g/mol. The predicted octanol–water partition coefficient (Wildman–Crippen LogP) is 2.42. The third-order valence-electron chi connectivity index (χ3n) is 3.28. The highest BCUT2D eigenvalue weighted by atomic mass is 19.1. The van der Waals surface area contributed by atoms with Gasteiger partial charge >= 0.3 is 0 Å². The minimum absolute atomic E-state index is 0.226. The molecule has 19 heavy (non-hydrogen) atoms. The summed E-state index contributed by atoms with van der Waals surface area (Å²) in [6.07, 6.45) is 4.60. The van der Waals surface area contributed by atoms with E-state index in [2.05, 4.69) is 10.4 Å². The number of nitrogens with zero attached hydrogens (tertiary/aromatic N) is 2. The van der Waals surface area contributed by atoms with Gasteiger partial charge in [0.25, 0.3) is 0 Å². The molecule has 1 atom stereocenters. The molecule has 1 N–H and O–H groups in total. The van der Waals surface area contributed by atoms with Gasteiger partial charge in [-0.25, -0.2) is 4.39 Å². The first kappa shape index (κ1) is 12.2. The number of ether oxygens (including phenoxy) is 1. The van der Waals surface area contributed by atoms with Crippen LogP contribution >= 0.6 is 0 Å². The summed E-state index contributed by atoms with van der Waals surface area (Å²) in [4.78, 5) is 0. The number of para-hydroxylation sites is 1. The Balaban J connectivity index is 1.66. The van der Waals surface area contributed by atoms with Gasteiger partial charge in [-0.3, -0.25) is 4.68 Å². The Hall–Kier alpha value is -1.88. The lowest BCUT2D eigenvalue weighted by atomic mass is 10.1. The second kappa shape index (κ2) is 5.40. The Labute approximate surface area is 111 Å². The maximum atomic E-state index is 13.4. The van der Waals surface area contributed by atoms with Gasteiger partial charge in [0.15, 0.2) is 17.3 Å². The molecule has 0 saturated carbocycles. The van der Waals surface area contributed by atoms with Crippen molar-refractivity contribution in [1.29, 1.82) is 0 Å². The first-order valence-corrected chi connectivity index (χ1v) is 6.47. The number of halogens is 1. The first-order valence-electron chi connectivity index (χ1n) is 6.47. The van der Waals surface area contributed by atoms with Gasteiger partial charge in [-0.1, -0.05) is 12.1 Å². The lowest BCUT2D eigenvalue weighted by molar-refractivity contribution is 0.433. The molecule has 0 bridgehead atoms. The van der Waals surface area contributed by atoms with Crippen LogP contribution in [0.1, 0.15) is 6.42 Å². The van der Waals surface area contributed by atoms with E-state index in [4.69, 9.17) is 4.74 Å². The van der Waals surface area contributed by atoms with E-state index in [-0.39, 0.29) is 11.6 Å². The van der Waals surface area contributed by atoms with Crippen LogP contribution in [0.25, 0.3) is 0 Å². The summed E-state index contributed by atoms with van der Waals surface area (Å²) in [5.74, 6) is 1.04. The van der Waals surface area contributed by atoms with Crippen LogP contribution in [-0.4, -0.2) is 22.9 Å². The molecule has 0 spiro atoms. The van der Waals surface area contributed by atoms with E-state index in [1.807, 2.05) is 10.9 Å². The van der Waals surface area contributed by atoms with Crippen molar-refractivity contribution in [3.05, 3.63) is 42.5 Å². The first-order chi connectivity index (χ1) is 9.31. The third-order valence-corrected chi connectivity index (χ3v) is 3.28. The lowest BCUT2D eigenvalue weighted by Gasteiger charge is -2.07. The number of hydrogen-bond acceptors (Lipinski definition) is 3. The Morgan fingerprint density at radius 1 is 1.42 bits per heavy atom. The van der Waals surface area contributed by atoms with Gasteiger partial charge in [0, 0.05) is 6.54 Å². The van der Waals surface area contributed by atoms with Gasteiger partial charge in [-0.2, -0.15) is 5.10 Å². The Morgan fingerprint density at radius 2 is 2.32 bits per heavy atom. The van der Waals surface area contributed by atoms with Crippen molar-refractivity contribution in [2.24, 2.45) is 5.92 Å². The van der Waals surface area contributed by atoms with Crippen LogP contribution in [0.3, 0.4) is 0 Å². The molecule has 2 heterocycles. The van der Waals surface area contributed by atoms with E-state index in [9.17, 15) is 4.39 Å². The van der Waals surface area contributed by atoms with Crippen LogP contribution < -0.4 is 10.1 Å². The van der Waals surface area contributed by atoms with E-state index in [1.54, 1.807) is 24.4 Å². The zero-order valence-electron chi connectivity index (χ0n) is 10.6. The van der Waals surface area contributed by atoms with Crippen LogP contribution in [0, 0.1) is 11.7 Å². The van der Waals surface area contributed by atoms with Crippen molar-refractivity contribution in [3.8, 4) is 11.5 Å². The van der Waals surface area contributed by atoms with Crippen LogP contribution in [0.2, 0.25) is 0 Å². The molecule has 2 aromatic rings. The quantitative estimate of drug-likeness (QED) is 0.918. The molecule has 0 aliphatic carbocycles. The zero-order valence-corrected chi connectivity index (χ0v) is 10.6. The third kappa shape index (κ3) is 2.93. The summed E-state index contributed by atoms with van der Waals surface area (Å²) >= 11 is 0. The Morgan fingerprint density at radius 3 is 3.11 bits per heavy atom. The second-order valence-electron chi connectivity index (χ2n) is 4.79. The van der Waals surface area contributed by atoms with E-state index in [0.717, 1.165) is 19.6 Å². The van der Waals surface area contributed by atoms with Gasteiger partial charge in [0.05, 0.1) is 12.4 Å². The lowest BCUT2D eigenvalue weighted by Crippen LogP contribution is -2.14. The summed E-state index contributed by atoms with van der Waals surface area (Å²) in [6.45, 7) is 2.97. The number of aromatic nitrogens is 2. The highest BCUT2D eigenvalue weighted by Gasteiger charge is 2.15. The van der Waals surface area contributed by atoms with Crippen LogP contribution in [-0.2, 0) is 6.54 Å². The maximum Gasteiger partial charge on any atom is 0.165 e. The van der Waals surface area contributed by atoms with Gasteiger partial charge in [-0.05, 0) is 37.6 Å². The molecule has 100 valence electrons. The number of hydrogen-bond donors (Lipinski definition) is 1.